The molecule has 2 aromatic rings. The average Bonchev–Trinajstić information content (AvgIpc) is 3.26. The van der Waals surface area contributed by atoms with E-state index in [1.165, 1.54) is 0 Å². The molecular weight excluding hydrogens is 413 g/mol. The molecule has 1 aliphatic rings. The molecule has 0 saturated carbocycles. The van der Waals surface area contributed by atoms with Crippen molar-refractivity contribution in [2.24, 2.45) is 5.92 Å². The normalized spacial score (nSPS) is 21.9. The van der Waals surface area contributed by atoms with E-state index in [1.807, 2.05) is 11.5 Å². The van der Waals surface area contributed by atoms with E-state index in [0.29, 0.717) is 23.4 Å². The maximum atomic E-state index is 12.0. The van der Waals surface area contributed by atoms with Crippen LogP contribution in [-0.4, -0.2) is 57.9 Å². The van der Waals surface area contributed by atoms with Crippen LogP contribution in [-0.2, 0) is 23.4 Å². The Balaban J connectivity index is 1.57. The van der Waals surface area contributed by atoms with E-state index in [0.717, 1.165) is 0 Å². The van der Waals surface area contributed by atoms with Crippen molar-refractivity contribution < 1.29 is 23.4 Å². The highest BCUT2D eigenvalue weighted by molar-refractivity contribution is 7.36. The number of hydrogen-bond acceptors (Lipinski definition) is 10. The molecule has 0 radical (unpaired) electrons. The number of nitrogen functional groups attached to an aromatic ring is 1. The van der Waals surface area contributed by atoms with Crippen molar-refractivity contribution in [3.8, 4) is 0 Å². The largest absolute Gasteiger partial charge is 0.613 e. The standard InChI is InChI=1S/C17H27N7O5P/c1-9(2)28-12(25)6-21-30(26)27-7-11-5-10(3)16(29-11)24-8-20-13-14(19-4)22-17(18)23-15(13)24/h8-11,16H,5-7H2,1-4H3,(H,21,26)(H3,18,19,22,23)/q+1. The third-order valence-electron chi connectivity index (χ3n) is 4.50. The van der Waals surface area contributed by atoms with Gasteiger partial charge in [-0.25, -0.2) is 4.98 Å². The summed E-state index contributed by atoms with van der Waals surface area (Å²) in [4.78, 5) is 24.3. The van der Waals surface area contributed by atoms with Crippen LogP contribution in [0, 0.1) is 5.92 Å². The molecule has 1 aliphatic heterocycles. The van der Waals surface area contributed by atoms with Gasteiger partial charge in [0.25, 0.3) is 0 Å². The van der Waals surface area contributed by atoms with E-state index >= 15 is 0 Å². The van der Waals surface area contributed by atoms with Gasteiger partial charge >= 0.3 is 14.1 Å². The highest BCUT2D eigenvalue weighted by atomic mass is 31.1. The van der Waals surface area contributed by atoms with Gasteiger partial charge in [0.2, 0.25) is 5.95 Å². The number of ether oxygens (including phenoxy) is 2. The molecule has 3 rings (SSSR count). The Bertz CT molecular complexity index is 921. The van der Waals surface area contributed by atoms with Crippen molar-refractivity contribution in [2.75, 3.05) is 31.2 Å². The summed E-state index contributed by atoms with van der Waals surface area (Å²) in [5.41, 5.74) is 6.98. The second kappa shape index (κ2) is 9.61. The first-order valence-electron chi connectivity index (χ1n) is 9.64. The average molecular weight is 440 g/mol. The summed E-state index contributed by atoms with van der Waals surface area (Å²) in [7, 11) is -0.476. The number of nitrogens with two attached hydrogens (primary N) is 1. The Hall–Kier alpha value is -2.40. The molecule has 12 nitrogen and oxygen atoms in total. The first-order valence-corrected chi connectivity index (χ1v) is 10.8. The molecule has 13 heteroatoms. The van der Waals surface area contributed by atoms with Crippen LogP contribution >= 0.6 is 8.18 Å². The molecule has 1 fully saturated rings. The fraction of sp³-hybridized carbons (Fsp3) is 0.647. The maximum absolute atomic E-state index is 12.0. The first kappa shape index (κ1) is 22.3. The number of fused-ring (bicyclic) bond motifs is 1. The Morgan fingerprint density at radius 3 is 2.93 bits per heavy atom. The summed E-state index contributed by atoms with van der Waals surface area (Å²) in [6.45, 7) is 5.46. The van der Waals surface area contributed by atoms with Crippen LogP contribution in [0.5, 0.6) is 0 Å². The van der Waals surface area contributed by atoms with Crippen LogP contribution in [0.4, 0.5) is 11.8 Å². The number of nitrogens with zero attached hydrogens (tertiary/aromatic N) is 4. The van der Waals surface area contributed by atoms with E-state index in [1.54, 1.807) is 27.2 Å². The smallest absolute Gasteiger partial charge is 0.462 e. The Kier molecular flexibility index (Phi) is 7.14. The lowest BCUT2D eigenvalue weighted by Crippen LogP contribution is -2.23. The Morgan fingerprint density at radius 2 is 2.23 bits per heavy atom. The van der Waals surface area contributed by atoms with Crippen molar-refractivity contribution in [1.29, 1.82) is 0 Å². The van der Waals surface area contributed by atoms with Gasteiger partial charge < -0.3 is 20.5 Å². The van der Waals surface area contributed by atoms with Crippen LogP contribution < -0.4 is 16.1 Å². The number of anilines is 2. The molecule has 1 saturated heterocycles. The summed E-state index contributed by atoms with van der Waals surface area (Å²) in [6.07, 6.45) is 1.52. The number of carbonyl (C=O) groups is 1. The minimum atomic E-state index is -2.21. The van der Waals surface area contributed by atoms with Gasteiger partial charge in [0.15, 0.2) is 17.0 Å². The molecule has 4 unspecified atom stereocenters. The second-order valence-corrected chi connectivity index (χ2v) is 8.38. The fourth-order valence-corrected chi connectivity index (χ4v) is 3.94. The molecule has 4 N–H and O–H groups in total. The predicted octanol–water partition coefficient (Wildman–Crippen LogP) is 1.59. The molecule has 0 spiro atoms. The number of hydrogen-bond donors (Lipinski definition) is 3. The highest BCUT2D eigenvalue weighted by Gasteiger charge is 2.37. The SMILES string of the molecule is CNc1nc(N)nc2c1ncn2C1OC(CO[P+](=O)NCC(=O)OC(C)C)CC1C. The van der Waals surface area contributed by atoms with Crippen molar-refractivity contribution in [3.63, 3.8) is 0 Å². The zero-order valence-corrected chi connectivity index (χ0v) is 18.3. The lowest BCUT2D eigenvalue weighted by Gasteiger charge is -2.17. The lowest BCUT2D eigenvalue weighted by atomic mass is 10.1. The summed E-state index contributed by atoms with van der Waals surface area (Å²) in [6, 6.07) is 0. The second-order valence-electron chi connectivity index (χ2n) is 7.29. The molecule has 0 aromatic carbocycles. The van der Waals surface area contributed by atoms with Gasteiger partial charge in [-0.3, -0.25) is 9.36 Å². The number of carbonyl (C=O) groups excluding carboxylic acids is 1. The van der Waals surface area contributed by atoms with Crippen molar-refractivity contribution >= 4 is 37.1 Å². The van der Waals surface area contributed by atoms with Gasteiger partial charge in [-0.15, -0.1) is 4.52 Å². The molecule has 0 amide bonds. The summed E-state index contributed by atoms with van der Waals surface area (Å²) >= 11 is 0. The van der Waals surface area contributed by atoms with E-state index in [2.05, 4.69) is 25.4 Å². The van der Waals surface area contributed by atoms with Gasteiger partial charge in [-0.05, 0) is 24.8 Å². The third-order valence-corrected chi connectivity index (χ3v) is 5.30. The maximum Gasteiger partial charge on any atom is 0.613 e. The van der Waals surface area contributed by atoms with Crippen molar-refractivity contribution in [3.05, 3.63) is 6.33 Å². The predicted molar refractivity (Wildman–Crippen MR) is 110 cm³/mol. The monoisotopic (exact) mass is 440 g/mol. The quantitative estimate of drug-likeness (QED) is 0.384. The Labute approximate surface area is 174 Å². The third kappa shape index (κ3) is 5.20. The van der Waals surface area contributed by atoms with Gasteiger partial charge in [0.05, 0.1) is 18.5 Å². The lowest BCUT2D eigenvalue weighted by molar-refractivity contribution is -0.145. The minimum absolute atomic E-state index is 0.119. The summed E-state index contributed by atoms with van der Waals surface area (Å²) < 4.78 is 30.2. The van der Waals surface area contributed by atoms with Crippen LogP contribution in [0.3, 0.4) is 0 Å². The molecule has 4 atom stereocenters. The number of rotatable bonds is 9. The molecule has 30 heavy (non-hydrogen) atoms. The van der Waals surface area contributed by atoms with E-state index in [-0.39, 0.29) is 43.5 Å². The highest BCUT2D eigenvalue weighted by Crippen LogP contribution is 2.37. The Morgan fingerprint density at radius 1 is 1.47 bits per heavy atom. The van der Waals surface area contributed by atoms with Crippen molar-refractivity contribution in [1.82, 2.24) is 24.6 Å². The van der Waals surface area contributed by atoms with E-state index in [9.17, 15) is 9.36 Å². The molecule has 2 aromatic heterocycles. The minimum Gasteiger partial charge on any atom is -0.462 e. The first-order chi connectivity index (χ1) is 14.3. The van der Waals surface area contributed by atoms with Crippen LogP contribution in [0.15, 0.2) is 6.33 Å². The number of nitrogens with one attached hydrogen (secondary N) is 2. The molecular formula is C17H27N7O5P+. The molecule has 0 bridgehead atoms. The number of esters is 1. The summed E-state index contributed by atoms with van der Waals surface area (Å²) in [5, 5.41) is 5.47. The van der Waals surface area contributed by atoms with Gasteiger partial charge in [-0.1, -0.05) is 12.0 Å². The van der Waals surface area contributed by atoms with Gasteiger partial charge in [0.1, 0.15) is 19.4 Å². The van der Waals surface area contributed by atoms with Crippen LogP contribution in [0.25, 0.3) is 11.2 Å². The van der Waals surface area contributed by atoms with E-state index in [4.69, 9.17) is 19.7 Å². The van der Waals surface area contributed by atoms with Crippen molar-refractivity contribution in [2.45, 2.75) is 45.6 Å². The van der Waals surface area contributed by atoms with Crippen LogP contribution in [0.2, 0.25) is 0 Å². The number of imidazole rings is 1. The fourth-order valence-electron chi connectivity index (χ4n) is 3.29. The topological polar surface area (TPSA) is 156 Å². The zero-order chi connectivity index (χ0) is 21.8. The molecule has 0 aliphatic carbocycles. The van der Waals surface area contributed by atoms with Crippen LogP contribution in [0.1, 0.15) is 33.4 Å². The number of aromatic nitrogens is 4. The van der Waals surface area contributed by atoms with E-state index < -0.39 is 14.1 Å². The van der Waals surface area contributed by atoms with Gasteiger partial charge in [-0.2, -0.15) is 9.97 Å². The van der Waals surface area contributed by atoms with Gasteiger partial charge in [0, 0.05) is 13.0 Å². The zero-order valence-electron chi connectivity index (χ0n) is 17.4. The summed E-state index contributed by atoms with van der Waals surface area (Å²) in [5.74, 6) is 0.327. The molecule has 3 heterocycles. The molecule has 164 valence electrons.